The Morgan fingerprint density at radius 1 is 1.46 bits per heavy atom. The third-order valence-corrected chi connectivity index (χ3v) is 2.56. The molecule has 0 radical (unpaired) electrons. The second-order valence-corrected chi connectivity index (χ2v) is 3.49. The lowest BCUT2D eigenvalue weighted by Crippen LogP contribution is -2.02. The Kier molecular flexibility index (Phi) is 1.83. The first-order chi connectivity index (χ1) is 6.22. The Morgan fingerprint density at radius 3 is 2.92 bits per heavy atom. The molecule has 1 aromatic rings. The van der Waals surface area contributed by atoms with Crippen LogP contribution in [0.4, 0.5) is 0 Å². The molecular weight excluding hydrogens is 164 g/mol. The molecule has 0 bridgehead atoms. The number of ether oxygens (including phenoxy) is 1. The van der Waals surface area contributed by atoms with Crippen molar-refractivity contribution in [1.82, 2.24) is 0 Å². The number of ketones is 1. The zero-order chi connectivity index (χ0) is 9.42. The van der Waals surface area contributed by atoms with Gasteiger partial charge in [-0.05, 0) is 24.1 Å². The first kappa shape index (κ1) is 8.30. The Hall–Kier alpha value is -1.31. The molecule has 0 heterocycles. The quantitative estimate of drug-likeness (QED) is 0.654. The standard InChI is InChI=1S/C11H12O2/c1-7-5-8-3-4-9(13-2)6-10(8)11(7)12/h3-4,6-7H,5H2,1-2H3. The fourth-order valence-corrected chi connectivity index (χ4v) is 1.78. The van der Waals surface area contributed by atoms with E-state index >= 15 is 0 Å². The maximum absolute atomic E-state index is 11.6. The van der Waals surface area contributed by atoms with Crippen LogP contribution in [-0.4, -0.2) is 12.9 Å². The summed E-state index contributed by atoms with van der Waals surface area (Å²) in [6, 6.07) is 5.72. The first-order valence-corrected chi connectivity index (χ1v) is 4.43. The van der Waals surface area contributed by atoms with Gasteiger partial charge in [-0.1, -0.05) is 13.0 Å². The lowest BCUT2D eigenvalue weighted by atomic mass is 10.1. The highest BCUT2D eigenvalue weighted by Gasteiger charge is 2.26. The maximum Gasteiger partial charge on any atom is 0.166 e. The van der Waals surface area contributed by atoms with Gasteiger partial charge in [-0.2, -0.15) is 0 Å². The zero-order valence-electron chi connectivity index (χ0n) is 7.83. The lowest BCUT2D eigenvalue weighted by Gasteiger charge is -2.01. The van der Waals surface area contributed by atoms with E-state index in [9.17, 15) is 4.79 Å². The first-order valence-electron chi connectivity index (χ1n) is 4.43. The van der Waals surface area contributed by atoms with Gasteiger partial charge in [0.2, 0.25) is 0 Å². The van der Waals surface area contributed by atoms with E-state index in [2.05, 4.69) is 0 Å². The number of fused-ring (bicyclic) bond motifs is 1. The van der Waals surface area contributed by atoms with Crippen LogP contribution in [0.5, 0.6) is 5.75 Å². The predicted molar refractivity (Wildman–Crippen MR) is 50.2 cm³/mol. The number of benzene rings is 1. The van der Waals surface area contributed by atoms with Gasteiger partial charge in [0, 0.05) is 11.5 Å². The summed E-state index contributed by atoms with van der Waals surface area (Å²) < 4.78 is 5.07. The minimum absolute atomic E-state index is 0.141. The second-order valence-electron chi connectivity index (χ2n) is 3.49. The summed E-state index contributed by atoms with van der Waals surface area (Å²) >= 11 is 0. The number of rotatable bonds is 1. The van der Waals surface area contributed by atoms with E-state index in [4.69, 9.17) is 4.74 Å². The van der Waals surface area contributed by atoms with Crippen molar-refractivity contribution in [3.63, 3.8) is 0 Å². The van der Waals surface area contributed by atoms with E-state index in [1.807, 2.05) is 25.1 Å². The summed E-state index contributed by atoms with van der Waals surface area (Å²) in [6.45, 7) is 1.97. The predicted octanol–water partition coefficient (Wildman–Crippen LogP) is 2.07. The van der Waals surface area contributed by atoms with Crippen molar-refractivity contribution in [2.75, 3.05) is 7.11 Å². The van der Waals surface area contributed by atoms with Crippen molar-refractivity contribution < 1.29 is 9.53 Å². The molecule has 68 valence electrons. The highest BCUT2D eigenvalue weighted by atomic mass is 16.5. The lowest BCUT2D eigenvalue weighted by molar-refractivity contribution is 0.0946. The number of hydrogen-bond donors (Lipinski definition) is 0. The van der Waals surface area contributed by atoms with Crippen molar-refractivity contribution in [2.24, 2.45) is 5.92 Å². The Morgan fingerprint density at radius 2 is 2.23 bits per heavy atom. The third-order valence-electron chi connectivity index (χ3n) is 2.56. The molecule has 1 aliphatic carbocycles. The molecule has 2 heteroatoms. The molecule has 0 fully saturated rings. The molecule has 0 spiro atoms. The second kappa shape index (κ2) is 2.87. The average molecular weight is 176 g/mol. The van der Waals surface area contributed by atoms with E-state index in [0.29, 0.717) is 0 Å². The van der Waals surface area contributed by atoms with Crippen LogP contribution in [0.3, 0.4) is 0 Å². The van der Waals surface area contributed by atoms with Crippen LogP contribution in [0, 0.1) is 5.92 Å². The molecule has 1 atom stereocenters. The van der Waals surface area contributed by atoms with Crippen molar-refractivity contribution >= 4 is 5.78 Å². The van der Waals surface area contributed by atoms with Crippen LogP contribution in [0.2, 0.25) is 0 Å². The number of methoxy groups -OCH3 is 1. The summed E-state index contributed by atoms with van der Waals surface area (Å²) in [4.78, 5) is 11.6. The Bertz CT molecular complexity index is 355. The van der Waals surface area contributed by atoms with E-state index in [1.165, 1.54) is 0 Å². The number of hydrogen-bond acceptors (Lipinski definition) is 2. The summed E-state index contributed by atoms with van der Waals surface area (Å²) in [5.41, 5.74) is 1.99. The fourth-order valence-electron chi connectivity index (χ4n) is 1.78. The van der Waals surface area contributed by atoms with Crippen LogP contribution in [0.15, 0.2) is 18.2 Å². The van der Waals surface area contributed by atoms with Gasteiger partial charge >= 0.3 is 0 Å². The highest BCUT2D eigenvalue weighted by Crippen LogP contribution is 2.29. The summed E-state index contributed by atoms with van der Waals surface area (Å²) in [5, 5.41) is 0. The Balaban J connectivity index is 2.48. The van der Waals surface area contributed by atoms with Crippen LogP contribution in [0.25, 0.3) is 0 Å². The summed E-state index contributed by atoms with van der Waals surface area (Å²) in [6.07, 6.45) is 0.873. The normalized spacial score (nSPS) is 20.2. The topological polar surface area (TPSA) is 26.3 Å². The van der Waals surface area contributed by atoms with Crippen LogP contribution < -0.4 is 4.74 Å². The number of carbonyl (C=O) groups is 1. The molecule has 1 unspecified atom stereocenters. The third kappa shape index (κ3) is 1.22. The molecule has 0 aromatic heterocycles. The minimum Gasteiger partial charge on any atom is -0.497 e. The molecule has 0 saturated heterocycles. The largest absolute Gasteiger partial charge is 0.497 e. The SMILES string of the molecule is COc1ccc2c(c1)C(=O)C(C)C2. The highest BCUT2D eigenvalue weighted by molar-refractivity contribution is 6.02. The monoisotopic (exact) mass is 176 g/mol. The molecule has 0 saturated carbocycles. The molecule has 0 amide bonds. The van der Waals surface area contributed by atoms with E-state index in [-0.39, 0.29) is 11.7 Å². The molecule has 1 aliphatic rings. The smallest absolute Gasteiger partial charge is 0.166 e. The zero-order valence-corrected chi connectivity index (χ0v) is 7.83. The molecule has 1 aromatic carbocycles. The van der Waals surface area contributed by atoms with Gasteiger partial charge < -0.3 is 4.74 Å². The van der Waals surface area contributed by atoms with Crippen molar-refractivity contribution in [3.05, 3.63) is 29.3 Å². The van der Waals surface area contributed by atoms with Crippen LogP contribution >= 0.6 is 0 Å². The van der Waals surface area contributed by atoms with Gasteiger partial charge in [0.1, 0.15) is 5.75 Å². The summed E-state index contributed by atoms with van der Waals surface area (Å²) in [7, 11) is 1.62. The van der Waals surface area contributed by atoms with E-state index < -0.39 is 0 Å². The van der Waals surface area contributed by atoms with Crippen molar-refractivity contribution in [3.8, 4) is 5.75 Å². The van der Waals surface area contributed by atoms with Gasteiger partial charge in [-0.15, -0.1) is 0 Å². The number of carbonyl (C=O) groups excluding carboxylic acids is 1. The van der Waals surface area contributed by atoms with E-state index in [0.717, 1.165) is 23.3 Å². The number of Topliss-reactive ketones (excluding diaryl/α,β-unsaturated/α-hetero) is 1. The minimum atomic E-state index is 0.141. The Labute approximate surface area is 77.5 Å². The van der Waals surface area contributed by atoms with Gasteiger partial charge in [0.15, 0.2) is 5.78 Å². The molecule has 0 aliphatic heterocycles. The van der Waals surface area contributed by atoms with Crippen molar-refractivity contribution in [2.45, 2.75) is 13.3 Å². The van der Waals surface area contributed by atoms with Crippen LogP contribution in [-0.2, 0) is 6.42 Å². The van der Waals surface area contributed by atoms with Crippen LogP contribution in [0.1, 0.15) is 22.8 Å². The molecule has 2 rings (SSSR count). The molecule has 0 N–H and O–H groups in total. The fraction of sp³-hybridized carbons (Fsp3) is 0.364. The molecule has 2 nitrogen and oxygen atoms in total. The van der Waals surface area contributed by atoms with E-state index in [1.54, 1.807) is 7.11 Å². The molecule has 13 heavy (non-hydrogen) atoms. The van der Waals surface area contributed by atoms with Crippen molar-refractivity contribution in [1.29, 1.82) is 0 Å². The average Bonchev–Trinajstić information content (AvgIpc) is 2.43. The summed E-state index contributed by atoms with van der Waals surface area (Å²) in [5.74, 6) is 1.15. The maximum atomic E-state index is 11.6. The molecular formula is C11H12O2. The van der Waals surface area contributed by atoms with Gasteiger partial charge in [0.05, 0.1) is 7.11 Å². The van der Waals surface area contributed by atoms with Gasteiger partial charge in [0.25, 0.3) is 0 Å². The van der Waals surface area contributed by atoms with Gasteiger partial charge in [-0.3, -0.25) is 4.79 Å². The van der Waals surface area contributed by atoms with Gasteiger partial charge in [-0.25, -0.2) is 0 Å².